The molecule has 0 bridgehead atoms. The van der Waals surface area contributed by atoms with Crippen LogP contribution in [0.5, 0.6) is 0 Å². The summed E-state index contributed by atoms with van der Waals surface area (Å²) in [6, 6.07) is 46.7. The highest BCUT2D eigenvalue weighted by molar-refractivity contribution is 5.86. The molecule has 0 radical (unpaired) electrons. The Hall–Kier alpha value is -5.74. The Bertz CT molecular complexity index is 2160. The van der Waals surface area contributed by atoms with Gasteiger partial charge in [0.1, 0.15) is 0 Å². The third-order valence-electron chi connectivity index (χ3n) is 9.05. The van der Waals surface area contributed by atoms with Crippen molar-refractivity contribution in [3.63, 3.8) is 0 Å². The van der Waals surface area contributed by atoms with Crippen LogP contribution in [0, 0.1) is 6.92 Å². The molecule has 4 heteroatoms. The van der Waals surface area contributed by atoms with E-state index in [-0.39, 0.29) is 5.41 Å². The van der Waals surface area contributed by atoms with E-state index >= 15 is 0 Å². The quantitative estimate of drug-likeness (QED) is 0.200. The molecule has 0 atom stereocenters. The normalized spacial score (nSPS) is 12.8. The third-order valence-corrected chi connectivity index (χ3v) is 9.05. The summed E-state index contributed by atoms with van der Waals surface area (Å²) >= 11 is 0. The maximum Gasteiger partial charge on any atom is 0.164 e. The van der Waals surface area contributed by atoms with E-state index in [1.165, 1.54) is 22.3 Å². The van der Waals surface area contributed by atoms with E-state index in [1.54, 1.807) is 0 Å². The number of benzene rings is 5. The van der Waals surface area contributed by atoms with Gasteiger partial charge in [-0.1, -0.05) is 117 Å². The van der Waals surface area contributed by atoms with Crippen molar-refractivity contribution < 1.29 is 0 Å². The third kappa shape index (κ3) is 4.89. The molecule has 0 saturated carbocycles. The molecule has 0 N–H and O–H groups in total. The van der Waals surface area contributed by atoms with Crippen LogP contribution in [-0.4, -0.2) is 19.9 Å². The van der Waals surface area contributed by atoms with Gasteiger partial charge in [0.05, 0.1) is 0 Å². The lowest BCUT2D eigenvalue weighted by Crippen LogP contribution is -2.14. The van der Waals surface area contributed by atoms with Crippen molar-refractivity contribution in [1.82, 2.24) is 19.9 Å². The van der Waals surface area contributed by atoms with Crippen LogP contribution >= 0.6 is 0 Å². The highest BCUT2D eigenvalue weighted by atomic mass is 15.0. The first-order valence-corrected chi connectivity index (χ1v) is 15.6. The van der Waals surface area contributed by atoms with Gasteiger partial charge in [0.15, 0.2) is 17.5 Å². The molecular formula is C42H32N4. The second kappa shape index (κ2) is 11.0. The molecule has 1 aliphatic carbocycles. The fourth-order valence-electron chi connectivity index (χ4n) is 6.57. The minimum atomic E-state index is -0.0441. The molecule has 1 aliphatic rings. The molecule has 0 amide bonds. The molecule has 8 rings (SSSR count). The number of hydrogen-bond acceptors (Lipinski definition) is 4. The zero-order chi connectivity index (χ0) is 31.3. The Labute approximate surface area is 269 Å². The predicted octanol–water partition coefficient (Wildman–Crippen LogP) is 10.2. The molecule has 0 saturated heterocycles. The van der Waals surface area contributed by atoms with E-state index in [1.807, 2.05) is 73.8 Å². The van der Waals surface area contributed by atoms with Crippen LogP contribution in [0.1, 0.15) is 30.7 Å². The summed E-state index contributed by atoms with van der Waals surface area (Å²) in [5.41, 5.74) is 13.4. The number of fused-ring (bicyclic) bond motifs is 3. The predicted molar refractivity (Wildman–Crippen MR) is 187 cm³/mol. The minimum absolute atomic E-state index is 0.0441. The van der Waals surface area contributed by atoms with E-state index in [0.29, 0.717) is 17.5 Å². The van der Waals surface area contributed by atoms with Crippen LogP contribution in [0.25, 0.3) is 67.5 Å². The van der Waals surface area contributed by atoms with Crippen molar-refractivity contribution in [2.45, 2.75) is 26.2 Å². The lowest BCUT2D eigenvalue weighted by molar-refractivity contribution is 0.660. The molecule has 46 heavy (non-hydrogen) atoms. The highest BCUT2D eigenvalue weighted by Crippen LogP contribution is 2.49. The summed E-state index contributed by atoms with van der Waals surface area (Å²) in [5, 5.41) is 0. The molecule has 4 nitrogen and oxygen atoms in total. The summed E-state index contributed by atoms with van der Waals surface area (Å²) in [6.45, 7) is 6.64. The van der Waals surface area contributed by atoms with Gasteiger partial charge in [0.25, 0.3) is 0 Å². The Morgan fingerprint density at radius 3 is 1.57 bits per heavy atom. The van der Waals surface area contributed by atoms with Crippen molar-refractivity contribution in [1.29, 1.82) is 0 Å². The number of rotatable bonds is 5. The van der Waals surface area contributed by atoms with Gasteiger partial charge in [-0.2, -0.15) is 0 Å². The van der Waals surface area contributed by atoms with E-state index in [9.17, 15) is 0 Å². The topological polar surface area (TPSA) is 51.6 Å². The molecule has 2 aromatic heterocycles. The van der Waals surface area contributed by atoms with Crippen molar-refractivity contribution in [3.05, 3.63) is 156 Å². The average molecular weight is 593 g/mol. The van der Waals surface area contributed by atoms with E-state index in [2.05, 4.69) is 91.6 Å². The molecule has 7 aromatic rings. The van der Waals surface area contributed by atoms with Gasteiger partial charge in [0, 0.05) is 39.6 Å². The maximum absolute atomic E-state index is 5.05. The monoisotopic (exact) mass is 592 g/mol. The fourth-order valence-corrected chi connectivity index (χ4v) is 6.57. The first-order chi connectivity index (χ1) is 22.4. The maximum atomic E-state index is 5.05. The second-order valence-corrected chi connectivity index (χ2v) is 12.5. The second-order valence-electron chi connectivity index (χ2n) is 12.5. The Kier molecular flexibility index (Phi) is 6.65. The molecule has 0 unspecified atom stereocenters. The molecule has 2 heterocycles. The van der Waals surface area contributed by atoms with Gasteiger partial charge in [-0.3, -0.25) is 4.98 Å². The van der Waals surface area contributed by atoms with E-state index < -0.39 is 0 Å². The smallest absolute Gasteiger partial charge is 0.164 e. The zero-order valence-electron chi connectivity index (χ0n) is 26.1. The number of aryl methyl sites for hydroxylation is 1. The highest BCUT2D eigenvalue weighted by Gasteiger charge is 2.35. The van der Waals surface area contributed by atoms with Gasteiger partial charge in [-0.15, -0.1) is 0 Å². The average Bonchev–Trinajstić information content (AvgIpc) is 3.34. The number of aromatic nitrogens is 4. The number of nitrogens with zero attached hydrogens (tertiary/aromatic N) is 4. The van der Waals surface area contributed by atoms with Gasteiger partial charge >= 0.3 is 0 Å². The van der Waals surface area contributed by atoms with Crippen LogP contribution in [0.15, 0.2) is 140 Å². The largest absolute Gasteiger partial charge is 0.261 e. The van der Waals surface area contributed by atoms with Crippen molar-refractivity contribution in [3.8, 4) is 67.5 Å². The summed E-state index contributed by atoms with van der Waals surface area (Å²) in [5.74, 6) is 1.91. The van der Waals surface area contributed by atoms with Crippen LogP contribution in [-0.2, 0) is 5.41 Å². The molecule has 0 aliphatic heterocycles. The molecular weight excluding hydrogens is 560 g/mol. The molecule has 0 spiro atoms. The summed E-state index contributed by atoms with van der Waals surface area (Å²) in [6.07, 6.45) is 1.94. The molecule has 5 aromatic carbocycles. The summed E-state index contributed by atoms with van der Waals surface area (Å²) < 4.78 is 0. The molecule has 220 valence electrons. The first kappa shape index (κ1) is 27.8. The van der Waals surface area contributed by atoms with Gasteiger partial charge in [0.2, 0.25) is 0 Å². The van der Waals surface area contributed by atoms with E-state index in [0.717, 1.165) is 44.6 Å². The number of hydrogen-bond donors (Lipinski definition) is 0. The standard InChI is InChI=1S/C42H32N4/c1-27-18-19-31(26-43-27)33-22-32(30-20-21-38-36(25-30)35-16-10-11-17-37(35)42(38,2)3)23-34(24-33)41-45-39(28-12-6-4-7-13-28)44-40(46-41)29-14-8-5-9-15-29/h4-26H,1-3H3. The Morgan fingerprint density at radius 1 is 0.413 bits per heavy atom. The van der Waals surface area contributed by atoms with Crippen molar-refractivity contribution in [2.24, 2.45) is 0 Å². The SMILES string of the molecule is Cc1ccc(-c2cc(-c3ccc4c(c3)-c3ccccc3C4(C)C)cc(-c3nc(-c4ccccc4)nc(-c4ccccc4)n3)c2)cn1. The Balaban J connectivity index is 1.34. The lowest BCUT2D eigenvalue weighted by Gasteiger charge is -2.21. The summed E-state index contributed by atoms with van der Waals surface area (Å²) in [4.78, 5) is 19.6. The van der Waals surface area contributed by atoms with Gasteiger partial charge in [-0.05, 0) is 76.2 Å². The summed E-state index contributed by atoms with van der Waals surface area (Å²) in [7, 11) is 0. The number of pyridine rings is 1. The molecule has 0 fully saturated rings. The van der Waals surface area contributed by atoms with Gasteiger partial charge in [-0.25, -0.2) is 15.0 Å². The van der Waals surface area contributed by atoms with Crippen molar-refractivity contribution in [2.75, 3.05) is 0 Å². The van der Waals surface area contributed by atoms with E-state index in [4.69, 9.17) is 15.0 Å². The fraction of sp³-hybridized carbons (Fsp3) is 0.0952. The van der Waals surface area contributed by atoms with Crippen LogP contribution in [0.4, 0.5) is 0 Å². The minimum Gasteiger partial charge on any atom is -0.261 e. The lowest BCUT2D eigenvalue weighted by atomic mass is 9.82. The van der Waals surface area contributed by atoms with Crippen molar-refractivity contribution >= 4 is 0 Å². The first-order valence-electron chi connectivity index (χ1n) is 15.6. The van der Waals surface area contributed by atoms with Crippen LogP contribution in [0.3, 0.4) is 0 Å². The van der Waals surface area contributed by atoms with Crippen LogP contribution in [0.2, 0.25) is 0 Å². The van der Waals surface area contributed by atoms with Crippen LogP contribution < -0.4 is 0 Å². The Morgan fingerprint density at radius 2 is 0.935 bits per heavy atom. The zero-order valence-corrected chi connectivity index (χ0v) is 26.1. The van der Waals surface area contributed by atoms with Gasteiger partial charge < -0.3 is 0 Å².